The van der Waals surface area contributed by atoms with Crippen molar-refractivity contribution in [2.45, 2.75) is 13.0 Å². The molecule has 0 aliphatic rings. The van der Waals surface area contributed by atoms with Crippen molar-refractivity contribution in [1.82, 2.24) is 4.90 Å². The Bertz CT molecular complexity index is 493. The summed E-state index contributed by atoms with van der Waals surface area (Å²) in [6.07, 6.45) is 1.12. The van der Waals surface area contributed by atoms with Gasteiger partial charge in [-0.05, 0) is 49.8 Å². The van der Waals surface area contributed by atoms with Gasteiger partial charge in [0.05, 0.1) is 0 Å². The van der Waals surface area contributed by atoms with Crippen molar-refractivity contribution < 1.29 is 0 Å². The van der Waals surface area contributed by atoms with Crippen molar-refractivity contribution in [3.63, 3.8) is 0 Å². The lowest BCUT2D eigenvalue weighted by molar-refractivity contribution is 0.325. The summed E-state index contributed by atoms with van der Waals surface area (Å²) >= 11 is 0. The highest BCUT2D eigenvalue weighted by atomic mass is 15.1. The van der Waals surface area contributed by atoms with Gasteiger partial charge in [0, 0.05) is 24.5 Å². The molecule has 0 atom stereocenters. The zero-order valence-electron chi connectivity index (χ0n) is 12.0. The van der Waals surface area contributed by atoms with Gasteiger partial charge in [-0.3, -0.25) is 0 Å². The Labute approximate surface area is 121 Å². The molecule has 0 aromatic heterocycles. The lowest BCUT2D eigenvalue weighted by atomic mass is 10.2. The lowest BCUT2D eigenvalue weighted by Gasteiger charge is -2.17. The molecule has 0 aliphatic carbocycles. The van der Waals surface area contributed by atoms with Crippen LogP contribution < -0.4 is 11.1 Å². The van der Waals surface area contributed by atoms with E-state index in [0.717, 1.165) is 37.4 Å². The van der Waals surface area contributed by atoms with E-state index in [9.17, 15) is 0 Å². The maximum Gasteiger partial charge on any atom is 0.0341 e. The molecule has 3 N–H and O–H groups in total. The molecule has 2 aromatic carbocycles. The first-order chi connectivity index (χ1) is 9.74. The maximum atomic E-state index is 5.66. The van der Waals surface area contributed by atoms with E-state index in [1.807, 2.05) is 24.3 Å². The minimum Gasteiger partial charge on any atom is -0.399 e. The molecular formula is C17H23N3. The fraction of sp³-hybridized carbons (Fsp3) is 0.294. The molecule has 0 unspecified atom stereocenters. The lowest BCUT2D eigenvalue weighted by Crippen LogP contribution is -2.21. The number of anilines is 2. The summed E-state index contributed by atoms with van der Waals surface area (Å²) in [4.78, 5) is 2.35. The van der Waals surface area contributed by atoms with Crippen LogP contribution in [0.15, 0.2) is 54.6 Å². The molecule has 0 saturated heterocycles. The fourth-order valence-corrected chi connectivity index (χ4v) is 2.16. The van der Waals surface area contributed by atoms with Crippen LogP contribution in [-0.4, -0.2) is 25.0 Å². The normalized spacial score (nSPS) is 10.7. The number of hydrogen-bond acceptors (Lipinski definition) is 3. The van der Waals surface area contributed by atoms with E-state index in [2.05, 4.69) is 47.6 Å². The Morgan fingerprint density at radius 1 is 1.00 bits per heavy atom. The van der Waals surface area contributed by atoms with Crippen molar-refractivity contribution in [2.75, 3.05) is 31.2 Å². The minimum atomic E-state index is 0.804. The van der Waals surface area contributed by atoms with E-state index < -0.39 is 0 Å². The van der Waals surface area contributed by atoms with Crippen LogP contribution in [-0.2, 0) is 6.54 Å². The van der Waals surface area contributed by atoms with Crippen LogP contribution in [0.25, 0.3) is 0 Å². The van der Waals surface area contributed by atoms with Crippen molar-refractivity contribution >= 4 is 11.4 Å². The predicted octanol–water partition coefficient (Wildman–Crippen LogP) is 3.20. The van der Waals surface area contributed by atoms with Gasteiger partial charge in [0.25, 0.3) is 0 Å². The van der Waals surface area contributed by atoms with E-state index >= 15 is 0 Å². The number of nitrogens with zero attached hydrogens (tertiary/aromatic N) is 1. The van der Waals surface area contributed by atoms with Crippen molar-refractivity contribution in [2.24, 2.45) is 0 Å². The third-order valence-electron chi connectivity index (χ3n) is 3.25. The average Bonchev–Trinajstić information content (AvgIpc) is 2.46. The highest BCUT2D eigenvalue weighted by molar-refractivity contribution is 5.51. The van der Waals surface area contributed by atoms with Crippen LogP contribution in [0, 0.1) is 0 Å². The van der Waals surface area contributed by atoms with Gasteiger partial charge in [-0.15, -0.1) is 0 Å². The molecule has 0 bridgehead atoms. The quantitative estimate of drug-likeness (QED) is 0.599. The van der Waals surface area contributed by atoms with Gasteiger partial charge in [-0.25, -0.2) is 0 Å². The third-order valence-corrected chi connectivity index (χ3v) is 3.25. The molecule has 0 radical (unpaired) electrons. The molecule has 3 nitrogen and oxygen atoms in total. The predicted molar refractivity (Wildman–Crippen MR) is 86.7 cm³/mol. The van der Waals surface area contributed by atoms with Crippen LogP contribution in [0.5, 0.6) is 0 Å². The summed E-state index contributed by atoms with van der Waals surface area (Å²) < 4.78 is 0. The Morgan fingerprint density at radius 2 is 1.70 bits per heavy atom. The first-order valence-corrected chi connectivity index (χ1v) is 7.06. The van der Waals surface area contributed by atoms with Crippen molar-refractivity contribution in [1.29, 1.82) is 0 Å². The highest BCUT2D eigenvalue weighted by Crippen LogP contribution is 2.10. The van der Waals surface area contributed by atoms with Gasteiger partial charge in [-0.1, -0.05) is 30.3 Å². The van der Waals surface area contributed by atoms with Crippen LogP contribution in [0.1, 0.15) is 12.0 Å². The van der Waals surface area contributed by atoms with E-state index in [0.29, 0.717) is 0 Å². The molecule has 3 heteroatoms. The summed E-state index contributed by atoms with van der Waals surface area (Å²) in [5.41, 5.74) is 8.96. The second kappa shape index (κ2) is 7.56. The summed E-state index contributed by atoms with van der Waals surface area (Å²) in [6.45, 7) is 3.06. The number of rotatable bonds is 7. The van der Waals surface area contributed by atoms with Gasteiger partial charge in [-0.2, -0.15) is 0 Å². The molecule has 2 rings (SSSR count). The smallest absolute Gasteiger partial charge is 0.0341 e. The highest BCUT2D eigenvalue weighted by Gasteiger charge is 1.99. The van der Waals surface area contributed by atoms with E-state index in [1.165, 1.54) is 5.56 Å². The summed E-state index contributed by atoms with van der Waals surface area (Å²) in [5, 5.41) is 3.41. The molecule has 0 fully saturated rings. The molecule has 0 spiro atoms. The first-order valence-electron chi connectivity index (χ1n) is 7.06. The van der Waals surface area contributed by atoms with Gasteiger partial charge in [0.2, 0.25) is 0 Å². The summed E-state index contributed by atoms with van der Waals surface area (Å²) in [7, 11) is 2.16. The maximum absolute atomic E-state index is 5.66. The van der Waals surface area contributed by atoms with Gasteiger partial charge >= 0.3 is 0 Å². The van der Waals surface area contributed by atoms with Crippen molar-refractivity contribution in [3.8, 4) is 0 Å². The van der Waals surface area contributed by atoms with Crippen LogP contribution >= 0.6 is 0 Å². The van der Waals surface area contributed by atoms with E-state index in [1.54, 1.807) is 0 Å². The number of hydrogen-bond donors (Lipinski definition) is 2. The summed E-state index contributed by atoms with van der Waals surface area (Å²) in [6, 6.07) is 18.4. The van der Waals surface area contributed by atoms with E-state index in [-0.39, 0.29) is 0 Å². The van der Waals surface area contributed by atoms with Crippen LogP contribution in [0.3, 0.4) is 0 Å². The standard InChI is InChI=1S/C17H23N3/c1-20(14-15-6-3-2-4-7-15)13-5-12-19-17-10-8-16(18)9-11-17/h2-4,6-11,19H,5,12-14,18H2,1H3. The zero-order valence-corrected chi connectivity index (χ0v) is 12.0. The molecule has 20 heavy (non-hydrogen) atoms. The number of nitrogens with two attached hydrogens (primary N) is 1. The zero-order chi connectivity index (χ0) is 14.2. The van der Waals surface area contributed by atoms with Crippen LogP contribution in [0.2, 0.25) is 0 Å². The fourth-order valence-electron chi connectivity index (χ4n) is 2.16. The Kier molecular flexibility index (Phi) is 5.44. The second-order valence-corrected chi connectivity index (χ2v) is 5.13. The first kappa shape index (κ1) is 14.4. The minimum absolute atomic E-state index is 0.804. The Morgan fingerprint density at radius 3 is 2.40 bits per heavy atom. The van der Waals surface area contributed by atoms with Gasteiger partial charge in [0.1, 0.15) is 0 Å². The van der Waals surface area contributed by atoms with Crippen molar-refractivity contribution in [3.05, 3.63) is 60.2 Å². The van der Waals surface area contributed by atoms with Crippen LogP contribution in [0.4, 0.5) is 11.4 Å². The second-order valence-electron chi connectivity index (χ2n) is 5.13. The molecule has 0 heterocycles. The van der Waals surface area contributed by atoms with Gasteiger partial charge < -0.3 is 16.0 Å². The molecule has 0 amide bonds. The average molecular weight is 269 g/mol. The molecular weight excluding hydrogens is 246 g/mol. The monoisotopic (exact) mass is 269 g/mol. The number of benzene rings is 2. The molecule has 0 aliphatic heterocycles. The van der Waals surface area contributed by atoms with Gasteiger partial charge in [0.15, 0.2) is 0 Å². The number of nitrogen functional groups attached to an aromatic ring is 1. The molecule has 106 valence electrons. The molecule has 2 aromatic rings. The number of nitrogens with one attached hydrogen (secondary N) is 1. The van der Waals surface area contributed by atoms with E-state index in [4.69, 9.17) is 5.73 Å². The Balaban J connectivity index is 1.64. The SMILES string of the molecule is CN(CCCNc1ccc(N)cc1)Cc1ccccc1. The topological polar surface area (TPSA) is 41.3 Å². The Hall–Kier alpha value is -2.00. The molecule has 0 saturated carbocycles. The summed E-state index contributed by atoms with van der Waals surface area (Å²) in [5.74, 6) is 0. The largest absolute Gasteiger partial charge is 0.399 e. The third kappa shape index (κ3) is 4.94.